The van der Waals surface area contributed by atoms with Crippen molar-refractivity contribution in [2.45, 2.75) is 39.3 Å². The van der Waals surface area contributed by atoms with E-state index in [0.717, 1.165) is 29.5 Å². The Hall–Kier alpha value is -2.65. The molecule has 0 saturated carbocycles. The Labute approximate surface area is 199 Å². The number of benzene rings is 2. The molecule has 10 heteroatoms. The van der Waals surface area contributed by atoms with Gasteiger partial charge in [-0.3, -0.25) is 13.9 Å². The molecule has 0 radical (unpaired) electrons. The molecule has 180 valence electrons. The van der Waals surface area contributed by atoms with Crippen molar-refractivity contribution in [1.82, 2.24) is 10.2 Å². The first kappa shape index (κ1) is 26.6. The number of halogens is 2. The van der Waals surface area contributed by atoms with Crippen LogP contribution in [-0.4, -0.2) is 50.5 Å². The zero-order valence-electron chi connectivity index (χ0n) is 18.9. The zero-order chi connectivity index (χ0) is 24.6. The number of nitrogens with zero attached hydrogens (tertiary/aromatic N) is 2. The number of rotatable bonds is 11. The van der Waals surface area contributed by atoms with Gasteiger partial charge in [0.25, 0.3) is 0 Å². The van der Waals surface area contributed by atoms with Gasteiger partial charge in [-0.1, -0.05) is 43.1 Å². The highest BCUT2D eigenvalue weighted by Crippen LogP contribution is 2.20. The van der Waals surface area contributed by atoms with E-state index < -0.39 is 34.3 Å². The minimum Gasteiger partial charge on any atom is -0.354 e. The van der Waals surface area contributed by atoms with E-state index in [2.05, 4.69) is 5.32 Å². The number of sulfonamides is 1. The van der Waals surface area contributed by atoms with Crippen LogP contribution in [0.2, 0.25) is 5.02 Å². The summed E-state index contributed by atoms with van der Waals surface area (Å²) in [7, 11) is -3.91. The summed E-state index contributed by atoms with van der Waals surface area (Å²) in [6.07, 6.45) is 2.63. The molecule has 2 aromatic rings. The molecule has 1 atom stereocenters. The molecule has 1 N–H and O–H groups in total. The van der Waals surface area contributed by atoms with Crippen LogP contribution < -0.4 is 9.62 Å². The smallest absolute Gasteiger partial charge is 0.244 e. The Kier molecular flexibility index (Phi) is 9.67. The second kappa shape index (κ2) is 12.0. The molecule has 0 spiro atoms. The van der Waals surface area contributed by atoms with Gasteiger partial charge in [0.1, 0.15) is 18.4 Å². The number of hydrogen-bond acceptors (Lipinski definition) is 4. The van der Waals surface area contributed by atoms with Crippen LogP contribution >= 0.6 is 11.6 Å². The fraction of sp³-hybridized carbons (Fsp3) is 0.391. The van der Waals surface area contributed by atoms with Gasteiger partial charge in [0, 0.05) is 18.1 Å². The highest BCUT2D eigenvalue weighted by atomic mass is 35.5. The van der Waals surface area contributed by atoms with Crippen LogP contribution in [-0.2, 0) is 26.2 Å². The molecule has 0 aromatic heterocycles. The van der Waals surface area contributed by atoms with Crippen LogP contribution in [0.15, 0.2) is 48.5 Å². The maximum absolute atomic E-state index is 13.7. The monoisotopic (exact) mass is 497 g/mol. The van der Waals surface area contributed by atoms with Crippen LogP contribution in [0.1, 0.15) is 32.3 Å². The number of anilines is 1. The first-order chi connectivity index (χ1) is 15.5. The van der Waals surface area contributed by atoms with Gasteiger partial charge in [-0.15, -0.1) is 0 Å². The standard InChI is InChI=1S/C23H29ClFN3O4S/c1-4-5-12-26-23(30)17(2)27(15-18-8-6-9-19(24)13-18)22(29)16-28(33(3,31)32)21-11-7-10-20(25)14-21/h6-11,13-14,17H,4-5,12,15-16H2,1-3H3,(H,26,30)/t17-/m0/s1. The second-order valence-electron chi connectivity index (χ2n) is 7.72. The maximum Gasteiger partial charge on any atom is 0.244 e. The topological polar surface area (TPSA) is 86.8 Å². The van der Waals surface area contributed by atoms with Crippen molar-refractivity contribution in [3.05, 3.63) is 64.9 Å². The van der Waals surface area contributed by atoms with Gasteiger partial charge in [-0.25, -0.2) is 12.8 Å². The third-order valence-corrected chi connectivity index (χ3v) is 6.39. The third kappa shape index (κ3) is 8.01. The van der Waals surface area contributed by atoms with Gasteiger partial charge in [0.2, 0.25) is 21.8 Å². The average Bonchev–Trinajstić information content (AvgIpc) is 2.74. The van der Waals surface area contributed by atoms with Crippen molar-refractivity contribution < 1.29 is 22.4 Å². The number of nitrogens with one attached hydrogen (secondary N) is 1. The molecule has 0 unspecified atom stereocenters. The van der Waals surface area contributed by atoms with E-state index in [1.54, 1.807) is 31.2 Å². The first-order valence-corrected chi connectivity index (χ1v) is 12.8. The van der Waals surface area contributed by atoms with Crippen molar-refractivity contribution in [3.63, 3.8) is 0 Å². The summed E-state index contributed by atoms with van der Waals surface area (Å²) >= 11 is 6.07. The van der Waals surface area contributed by atoms with Crippen LogP contribution in [0.25, 0.3) is 0 Å². The van der Waals surface area contributed by atoms with E-state index in [-0.39, 0.29) is 18.1 Å². The summed E-state index contributed by atoms with van der Waals surface area (Å²) in [4.78, 5) is 27.3. The number of unbranched alkanes of at least 4 members (excludes halogenated alkanes) is 1. The fourth-order valence-corrected chi connectivity index (χ4v) is 4.25. The summed E-state index contributed by atoms with van der Waals surface area (Å²) in [6, 6.07) is 11.0. The lowest BCUT2D eigenvalue weighted by Crippen LogP contribution is -2.51. The minimum absolute atomic E-state index is 0.0219. The fourth-order valence-electron chi connectivity index (χ4n) is 3.20. The van der Waals surface area contributed by atoms with Gasteiger partial charge in [0.15, 0.2) is 0 Å². The minimum atomic E-state index is -3.91. The van der Waals surface area contributed by atoms with Gasteiger partial charge in [0.05, 0.1) is 11.9 Å². The highest BCUT2D eigenvalue weighted by molar-refractivity contribution is 7.92. The number of carbonyl (C=O) groups is 2. The molecule has 0 fully saturated rings. The molecule has 0 aliphatic heterocycles. The van der Waals surface area contributed by atoms with Crippen LogP contribution in [0.3, 0.4) is 0 Å². The Morgan fingerprint density at radius 2 is 1.85 bits per heavy atom. The lowest BCUT2D eigenvalue weighted by molar-refractivity contribution is -0.139. The van der Waals surface area contributed by atoms with E-state index in [1.165, 1.54) is 23.1 Å². The number of hydrogen-bond donors (Lipinski definition) is 1. The summed E-state index contributed by atoms with van der Waals surface area (Å²) in [5.41, 5.74) is 0.703. The van der Waals surface area contributed by atoms with E-state index in [9.17, 15) is 22.4 Å². The second-order valence-corrected chi connectivity index (χ2v) is 10.1. The molecule has 2 rings (SSSR count). The SMILES string of the molecule is CCCCNC(=O)[C@H](C)N(Cc1cccc(Cl)c1)C(=O)CN(c1cccc(F)c1)S(C)(=O)=O. The normalized spacial score (nSPS) is 12.2. The molecule has 0 aliphatic carbocycles. The molecule has 2 amide bonds. The Balaban J connectivity index is 2.34. The molecule has 0 saturated heterocycles. The largest absolute Gasteiger partial charge is 0.354 e. The lowest BCUT2D eigenvalue weighted by Gasteiger charge is -2.31. The third-order valence-electron chi connectivity index (χ3n) is 5.01. The average molecular weight is 498 g/mol. The molecule has 7 nitrogen and oxygen atoms in total. The Bertz CT molecular complexity index is 1080. The van der Waals surface area contributed by atoms with E-state index in [4.69, 9.17) is 11.6 Å². The highest BCUT2D eigenvalue weighted by Gasteiger charge is 2.30. The van der Waals surface area contributed by atoms with E-state index in [1.807, 2.05) is 6.92 Å². The Morgan fingerprint density at radius 3 is 2.45 bits per heavy atom. The number of carbonyl (C=O) groups excluding carboxylic acids is 2. The summed E-state index contributed by atoms with van der Waals surface area (Å²) in [6.45, 7) is 3.50. The van der Waals surface area contributed by atoms with Crippen molar-refractivity contribution in [2.24, 2.45) is 0 Å². The van der Waals surface area contributed by atoms with Crippen molar-refractivity contribution in [1.29, 1.82) is 0 Å². The predicted molar refractivity (Wildman–Crippen MR) is 128 cm³/mol. The molecule has 2 aromatic carbocycles. The summed E-state index contributed by atoms with van der Waals surface area (Å²) in [5.74, 6) is -1.59. The van der Waals surface area contributed by atoms with Crippen LogP contribution in [0, 0.1) is 5.82 Å². The molecule has 33 heavy (non-hydrogen) atoms. The summed E-state index contributed by atoms with van der Waals surface area (Å²) < 4.78 is 39.4. The maximum atomic E-state index is 13.7. The van der Waals surface area contributed by atoms with Crippen molar-refractivity contribution in [2.75, 3.05) is 23.7 Å². The van der Waals surface area contributed by atoms with Crippen LogP contribution in [0.4, 0.5) is 10.1 Å². The molecular formula is C23H29ClFN3O4S. The zero-order valence-corrected chi connectivity index (χ0v) is 20.5. The van der Waals surface area contributed by atoms with Gasteiger partial charge < -0.3 is 10.2 Å². The Morgan fingerprint density at radius 1 is 1.15 bits per heavy atom. The van der Waals surface area contributed by atoms with Gasteiger partial charge in [-0.2, -0.15) is 0 Å². The molecule has 0 heterocycles. The van der Waals surface area contributed by atoms with Gasteiger partial charge >= 0.3 is 0 Å². The predicted octanol–water partition coefficient (Wildman–Crippen LogP) is 3.58. The molecule has 0 bridgehead atoms. The molecule has 0 aliphatic rings. The number of amides is 2. The molecular weight excluding hydrogens is 469 g/mol. The van der Waals surface area contributed by atoms with E-state index in [0.29, 0.717) is 17.1 Å². The van der Waals surface area contributed by atoms with Gasteiger partial charge in [-0.05, 0) is 49.2 Å². The van der Waals surface area contributed by atoms with Crippen molar-refractivity contribution >= 4 is 39.1 Å². The first-order valence-electron chi connectivity index (χ1n) is 10.6. The quantitative estimate of drug-likeness (QED) is 0.481. The van der Waals surface area contributed by atoms with E-state index >= 15 is 0 Å². The lowest BCUT2D eigenvalue weighted by atomic mass is 10.1. The van der Waals surface area contributed by atoms with Crippen LogP contribution in [0.5, 0.6) is 0 Å². The summed E-state index contributed by atoms with van der Waals surface area (Å²) in [5, 5.41) is 3.27. The van der Waals surface area contributed by atoms with Crippen molar-refractivity contribution in [3.8, 4) is 0 Å².